The topological polar surface area (TPSA) is 64.0 Å². The number of benzene rings is 1. The van der Waals surface area contributed by atoms with Crippen LogP contribution in [0.4, 0.5) is 5.69 Å². The Bertz CT molecular complexity index is 902. The van der Waals surface area contributed by atoms with Gasteiger partial charge in [-0.2, -0.15) is 0 Å². The second-order valence-electron chi connectivity index (χ2n) is 5.63. The SMILES string of the molecule is CC1Cc2nc(SCC(=O)Nc3ccc(Cl)c(Cl)c3)n(C)c(=O)c2S1. The van der Waals surface area contributed by atoms with E-state index >= 15 is 0 Å². The van der Waals surface area contributed by atoms with Crippen molar-refractivity contribution in [2.45, 2.75) is 28.6 Å². The molecule has 0 bridgehead atoms. The highest BCUT2D eigenvalue weighted by Crippen LogP contribution is 2.34. The lowest BCUT2D eigenvalue weighted by Crippen LogP contribution is -2.23. The zero-order chi connectivity index (χ0) is 18.1. The maximum Gasteiger partial charge on any atom is 0.267 e. The van der Waals surface area contributed by atoms with Crippen molar-refractivity contribution in [1.29, 1.82) is 0 Å². The van der Waals surface area contributed by atoms with Gasteiger partial charge in [0.15, 0.2) is 5.16 Å². The van der Waals surface area contributed by atoms with Gasteiger partial charge in [-0.15, -0.1) is 11.8 Å². The van der Waals surface area contributed by atoms with E-state index in [9.17, 15) is 9.59 Å². The van der Waals surface area contributed by atoms with Crippen LogP contribution in [0.5, 0.6) is 0 Å². The molecule has 5 nitrogen and oxygen atoms in total. The van der Waals surface area contributed by atoms with Crippen molar-refractivity contribution in [3.8, 4) is 0 Å². The maximum absolute atomic E-state index is 12.4. The predicted octanol–water partition coefficient (Wildman–Crippen LogP) is 3.85. The largest absolute Gasteiger partial charge is 0.325 e. The van der Waals surface area contributed by atoms with Crippen LogP contribution in [0.1, 0.15) is 12.6 Å². The van der Waals surface area contributed by atoms with E-state index in [2.05, 4.69) is 17.2 Å². The monoisotopic (exact) mass is 415 g/mol. The normalized spacial score (nSPS) is 15.9. The minimum Gasteiger partial charge on any atom is -0.325 e. The maximum atomic E-state index is 12.4. The number of amides is 1. The molecule has 0 fully saturated rings. The van der Waals surface area contributed by atoms with Crippen LogP contribution in [0, 0.1) is 0 Å². The van der Waals surface area contributed by atoms with Crippen LogP contribution in [-0.2, 0) is 18.3 Å². The average Bonchev–Trinajstić information content (AvgIpc) is 2.94. The van der Waals surface area contributed by atoms with Crippen LogP contribution in [0.3, 0.4) is 0 Å². The fourth-order valence-corrected chi connectivity index (χ4v) is 4.63. The van der Waals surface area contributed by atoms with Gasteiger partial charge in [-0.1, -0.05) is 41.9 Å². The standard InChI is InChI=1S/C16H15Cl2N3O2S2/c1-8-5-12-14(25-8)15(23)21(2)16(20-12)24-7-13(22)19-9-3-4-10(17)11(18)6-9/h3-4,6,8H,5,7H2,1-2H3,(H,19,22). The zero-order valence-corrected chi connectivity index (χ0v) is 16.7. The van der Waals surface area contributed by atoms with Crippen LogP contribution in [0.15, 0.2) is 33.0 Å². The molecule has 1 N–H and O–H groups in total. The van der Waals surface area contributed by atoms with Crippen molar-refractivity contribution >= 4 is 58.3 Å². The molecule has 1 atom stereocenters. The summed E-state index contributed by atoms with van der Waals surface area (Å²) in [6.07, 6.45) is 0.777. The molecular formula is C16H15Cl2N3O2S2. The summed E-state index contributed by atoms with van der Waals surface area (Å²) in [4.78, 5) is 29.8. The van der Waals surface area contributed by atoms with E-state index in [1.54, 1.807) is 37.0 Å². The van der Waals surface area contributed by atoms with E-state index in [0.29, 0.717) is 26.1 Å². The van der Waals surface area contributed by atoms with Gasteiger partial charge in [0.05, 0.1) is 26.4 Å². The number of carbonyl (C=O) groups excluding carboxylic acids is 1. The first-order valence-corrected chi connectivity index (χ1v) is 10.1. The van der Waals surface area contributed by atoms with Crippen molar-refractivity contribution in [3.63, 3.8) is 0 Å². The highest BCUT2D eigenvalue weighted by atomic mass is 35.5. The summed E-state index contributed by atoms with van der Waals surface area (Å²) in [5.74, 6) is -0.0666. The van der Waals surface area contributed by atoms with E-state index in [4.69, 9.17) is 23.2 Å². The summed E-state index contributed by atoms with van der Waals surface area (Å²) in [6.45, 7) is 2.07. The van der Waals surface area contributed by atoms with Crippen molar-refractivity contribution in [2.75, 3.05) is 11.1 Å². The van der Waals surface area contributed by atoms with Gasteiger partial charge in [0.2, 0.25) is 5.91 Å². The number of hydrogen-bond acceptors (Lipinski definition) is 5. The molecular weight excluding hydrogens is 401 g/mol. The van der Waals surface area contributed by atoms with Crippen molar-refractivity contribution in [1.82, 2.24) is 9.55 Å². The van der Waals surface area contributed by atoms with Gasteiger partial charge in [0.1, 0.15) is 0 Å². The molecule has 0 saturated heterocycles. The predicted molar refractivity (Wildman–Crippen MR) is 104 cm³/mol. The summed E-state index contributed by atoms with van der Waals surface area (Å²) in [5, 5.41) is 4.46. The third-order valence-electron chi connectivity index (χ3n) is 3.61. The Balaban J connectivity index is 1.68. The quantitative estimate of drug-likeness (QED) is 0.606. The van der Waals surface area contributed by atoms with Gasteiger partial charge in [0, 0.05) is 24.4 Å². The lowest BCUT2D eigenvalue weighted by molar-refractivity contribution is -0.113. The molecule has 1 amide bonds. The molecule has 1 aromatic carbocycles. The highest BCUT2D eigenvalue weighted by Gasteiger charge is 2.25. The van der Waals surface area contributed by atoms with E-state index in [1.165, 1.54) is 16.3 Å². The Kier molecular flexibility index (Phi) is 5.68. The number of rotatable bonds is 4. The molecule has 3 rings (SSSR count). The van der Waals surface area contributed by atoms with Crippen LogP contribution >= 0.6 is 46.7 Å². The number of fused-ring (bicyclic) bond motifs is 1. The number of hydrogen-bond donors (Lipinski definition) is 1. The van der Waals surface area contributed by atoms with Gasteiger partial charge >= 0.3 is 0 Å². The van der Waals surface area contributed by atoms with Gasteiger partial charge in [-0.3, -0.25) is 14.2 Å². The molecule has 1 aliphatic rings. The molecule has 1 aromatic heterocycles. The lowest BCUT2D eigenvalue weighted by Gasteiger charge is -2.10. The van der Waals surface area contributed by atoms with E-state index < -0.39 is 0 Å². The van der Waals surface area contributed by atoms with Crippen LogP contribution in [0.25, 0.3) is 0 Å². The molecule has 0 saturated carbocycles. The molecule has 25 heavy (non-hydrogen) atoms. The summed E-state index contributed by atoms with van der Waals surface area (Å²) >= 11 is 14.6. The number of anilines is 1. The van der Waals surface area contributed by atoms with E-state index in [-0.39, 0.29) is 17.2 Å². The van der Waals surface area contributed by atoms with Gasteiger partial charge in [-0.05, 0) is 18.2 Å². The minimum atomic E-state index is -0.208. The third kappa shape index (κ3) is 4.16. The average molecular weight is 416 g/mol. The second kappa shape index (κ2) is 7.61. The number of aromatic nitrogens is 2. The van der Waals surface area contributed by atoms with Crippen molar-refractivity contribution < 1.29 is 4.79 Å². The first-order valence-electron chi connectivity index (χ1n) is 7.49. The molecule has 0 aliphatic carbocycles. The molecule has 0 spiro atoms. The lowest BCUT2D eigenvalue weighted by atomic mass is 10.2. The smallest absolute Gasteiger partial charge is 0.267 e. The number of nitrogens with zero attached hydrogens (tertiary/aromatic N) is 2. The van der Waals surface area contributed by atoms with Gasteiger partial charge in [0.25, 0.3) is 5.56 Å². The Morgan fingerprint density at radius 1 is 1.44 bits per heavy atom. The van der Waals surface area contributed by atoms with E-state index in [1.807, 2.05) is 0 Å². The molecule has 132 valence electrons. The summed E-state index contributed by atoms with van der Waals surface area (Å²) in [5.41, 5.74) is 1.35. The van der Waals surface area contributed by atoms with Crippen LogP contribution in [-0.4, -0.2) is 26.5 Å². The summed E-state index contributed by atoms with van der Waals surface area (Å²) in [7, 11) is 1.68. The number of nitrogens with one attached hydrogen (secondary N) is 1. The second-order valence-corrected chi connectivity index (χ2v) is 8.84. The number of thioether (sulfide) groups is 2. The number of halogens is 2. The Labute approximate surface area is 163 Å². The van der Waals surface area contributed by atoms with E-state index in [0.717, 1.165) is 17.0 Å². The Hall–Kier alpha value is -1.15. The highest BCUT2D eigenvalue weighted by molar-refractivity contribution is 8.00. The fourth-order valence-electron chi connectivity index (χ4n) is 2.41. The number of carbonyl (C=O) groups is 1. The van der Waals surface area contributed by atoms with Crippen molar-refractivity contribution in [2.24, 2.45) is 7.05 Å². The fraction of sp³-hybridized carbons (Fsp3) is 0.312. The van der Waals surface area contributed by atoms with Crippen molar-refractivity contribution in [3.05, 3.63) is 44.3 Å². The first-order chi connectivity index (χ1) is 11.8. The van der Waals surface area contributed by atoms with Gasteiger partial charge in [-0.25, -0.2) is 4.98 Å². The van der Waals surface area contributed by atoms with Crippen LogP contribution < -0.4 is 10.9 Å². The van der Waals surface area contributed by atoms with Crippen LogP contribution in [0.2, 0.25) is 10.0 Å². The first kappa shape index (κ1) is 18.6. The molecule has 1 unspecified atom stereocenters. The molecule has 2 aromatic rings. The molecule has 1 aliphatic heterocycles. The Morgan fingerprint density at radius 3 is 2.92 bits per heavy atom. The summed E-state index contributed by atoms with van der Waals surface area (Å²) in [6, 6.07) is 4.89. The zero-order valence-electron chi connectivity index (χ0n) is 13.5. The third-order valence-corrected chi connectivity index (χ3v) is 6.60. The molecule has 0 radical (unpaired) electrons. The minimum absolute atomic E-state index is 0.0493. The molecule has 2 heterocycles. The molecule has 9 heteroatoms. The Morgan fingerprint density at radius 2 is 2.20 bits per heavy atom. The summed E-state index contributed by atoms with van der Waals surface area (Å²) < 4.78 is 1.50. The van der Waals surface area contributed by atoms with Gasteiger partial charge < -0.3 is 5.32 Å².